The maximum Gasteiger partial charge on any atom is 0.272 e. The quantitative estimate of drug-likeness (QED) is 0.765. The Morgan fingerprint density at radius 2 is 2.24 bits per heavy atom. The number of aryl methyl sites for hydroxylation is 1. The molecule has 7 heteroatoms. The summed E-state index contributed by atoms with van der Waals surface area (Å²) >= 11 is 0. The second-order valence-corrected chi connectivity index (χ2v) is 6.88. The van der Waals surface area contributed by atoms with Gasteiger partial charge in [0.15, 0.2) is 5.69 Å². The third-order valence-corrected chi connectivity index (χ3v) is 5.26. The Balaban J connectivity index is 1.58. The first-order valence-corrected chi connectivity index (χ1v) is 8.69. The van der Waals surface area contributed by atoms with E-state index >= 15 is 0 Å². The summed E-state index contributed by atoms with van der Waals surface area (Å²) in [6, 6.07) is 1.67. The van der Waals surface area contributed by atoms with Crippen molar-refractivity contribution in [2.75, 3.05) is 7.11 Å². The van der Waals surface area contributed by atoms with Crippen LogP contribution in [0.4, 0.5) is 0 Å². The van der Waals surface area contributed by atoms with Crippen LogP contribution in [0.15, 0.2) is 18.5 Å². The highest BCUT2D eigenvalue weighted by Gasteiger charge is 2.37. The van der Waals surface area contributed by atoms with Gasteiger partial charge in [0.25, 0.3) is 5.91 Å². The number of amides is 1. The third kappa shape index (κ3) is 3.00. The van der Waals surface area contributed by atoms with Crippen LogP contribution < -0.4 is 10.1 Å². The molecule has 4 rings (SSSR count). The lowest BCUT2D eigenvalue weighted by atomic mass is 9.75. The average Bonchev–Trinajstić information content (AvgIpc) is 3.20. The highest BCUT2D eigenvalue weighted by molar-refractivity contribution is 5.94. The Kier molecular flexibility index (Phi) is 4.17. The molecule has 0 spiro atoms. The number of nitrogens with one attached hydrogen (secondary N) is 2. The van der Waals surface area contributed by atoms with Crippen molar-refractivity contribution in [3.8, 4) is 5.75 Å². The van der Waals surface area contributed by atoms with Gasteiger partial charge in [-0.2, -0.15) is 5.10 Å². The lowest BCUT2D eigenvalue weighted by Gasteiger charge is -2.38. The second-order valence-electron chi connectivity index (χ2n) is 6.88. The number of hydrogen-bond acceptors (Lipinski definition) is 5. The molecule has 2 aromatic heterocycles. The van der Waals surface area contributed by atoms with Gasteiger partial charge in [0.05, 0.1) is 25.5 Å². The SMILES string of the molecule is COc1cncc([C@H](NC(=O)c2n[nH]c3c2CCC3)C2CC(O)C2)c1. The van der Waals surface area contributed by atoms with Crippen LogP contribution in [0.25, 0.3) is 0 Å². The van der Waals surface area contributed by atoms with Crippen molar-refractivity contribution >= 4 is 5.91 Å². The van der Waals surface area contributed by atoms with Crippen molar-refractivity contribution in [2.24, 2.45) is 5.92 Å². The van der Waals surface area contributed by atoms with E-state index in [4.69, 9.17) is 4.74 Å². The number of hydrogen-bond donors (Lipinski definition) is 3. The zero-order valence-electron chi connectivity index (χ0n) is 14.2. The normalized spacial score (nSPS) is 22.8. The molecule has 1 atom stereocenters. The van der Waals surface area contributed by atoms with Crippen LogP contribution in [-0.2, 0) is 12.8 Å². The summed E-state index contributed by atoms with van der Waals surface area (Å²) in [6.07, 6.45) is 7.32. The van der Waals surface area contributed by atoms with Gasteiger partial charge >= 0.3 is 0 Å². The fourth-order valence-corrected chi connectivity index (χ4v) is 3.81. The van der Waals surface area contributed by atoms with Crippen molar-refractivity contribution < 1.29 is 14.6 Å². The van der Waals surface area contributed by atoms with Crippen LogP contribution in [0.1, 0.15) is 52.6 Å². The summed E-state index contributed by atoms with van der Waals surface area (Å²) in [7, 11) is 1.59. The molecule has 0 aliphatic heterocycles. The van der Waals surface area contributed by atoms with Gasteiger partial charge in [-0.05, 0) is 49.7 Å². The minimum absolute atomic E-state index is 0.173. The zero-order chi connectivity index (χ0) is 17.4. The van der Waals surface area contributed by atoms with E-state index in [2.05, 4.69) is 20.5 Å². The molecule has 2 heterocycles. The number of aliphatic hydroxyl groups excluding tert-OH is 1. The van der Waals surface area contributed by atoms with Crippen molar-refractivity contribution in [3.05, 3.63) is 41.0 Å². The maximum absolute atomic E-state index is 12.8. The molecule has 3 N–H and O–H groups in total. The predicted octanol–water partition coefficient (Wildman–Crippen LogP) is 1.54. The molecular weight excluding hydrogens is 320 g/mol. The smallest absolute Gasteiger partial charge is 0.272 e. The molecule has 2 aliphatic carbocycles. The topological polar surface area (TPSA) is 100 Å². The molecular formula is C18H22N4O3. The Hall–Kier alpha value is -2.41. The number of aromatic nitrogens is 3. The van der Waals surface area contributed by atoms with Gasteiger partial charge in [0, 0.05) is 17.5 Å². The van der Waals surface area contributed by atoms with E-state index in [1.54, 1.807) is 19.5 Å². The number of nitrogens with zero attached hydrogens (tertiary/aromatic N) is 2. The van der Waals surface area contributed by atoms with E-state index in [9.17, 15) is 9.90 Å². The average molecular weight is 342 g/mol. The van der Waals surface area contributed by atoms with Crippen LogP contribution >= 0.6 is 0 Å². The summed E-state index contributed by atoms with van der Waals surface area (Å²) in [5, 5.41) is 20.0. The Morgan fingerprint density at radius 3 is 3.00 bits per heavy atom. The number of ether oxygens (including phenoxy) is 1. The largest absolute Gasteiger partial charge is 0.495 e. The summed E-state index contributed by atoms with van der Waals surface area (Å²) in [5.41, 5.74) is 3.49. The minimum Gasteiger partial charge on any atom is -0.495 e. The Labute approximate surface area is 145 Å². The number of H-pyrrole nitrogens is 1. The number of pyridine rings is 1. The van der Waals surface area contributed by atoms with Crippen molar-refractivity contribution in [3.63, 3.8) is 0 Å². The maximum atomic E-state index is 12.8. The van der Waals surface area contributed by atoms with Crippen LogP contribution in [0.3, 0.4) is 0 Å². The molecule has 0 radical (unpaired) electrons. The molecule has 0 aromatic carbocycles. The summed E-state index contributed by atoms with van der Waals surface area (Å²) < 4.78 is 5.25. The number of carbonyl (C=O) groups excluding carboxylic acids is 1. The van der Waals surface area contributed by atoms with Gasteiger partial charge in [0.1, 0.15) is 5.75 Å². The molecule has 132 valence electrons. The minimum atomic E-state index is -0.294. The highest BCUT2D eigenvalue weighted by atomic mass is 16.5. The lowest BCUT2D eigenvalue weighted by Crippen LogP contribution is -2.41. The van der Waals surface area contributed by atoms with Crippen LogP contribution in [0.5, 0.6) is 5.75 Å². The first kappa shape index (κ1) is 16.1. The Morgan fingerprint density at radius 1 is 1.40 bits per heavy atom. The van der Waals surface area contributed by atoms with E-state index in [1.165, 1.54) is 0 Å². The van der Waals surface area contributed by atoms with Crippen LogP contribution in [-0.4, -0.2) is 39.4 Å². The van der Waals surface area contributed by atoms with E-state index in [-0.39, 0.29) is 24.0 Å². The standard InChI is InChI=1S/C18H22N4O3/c1-25-13-7-11(8-19-9-13)16(10-5-12(23)6-10)20-18(24)17-14-3-2-4-15(14)21-22-17/h7-10,12,16,23H,2-6H2,1H3,(H,20,24)(H,21,22)/t10?,12?,16-/m1/s1. The molecule has 0 bridgehead atoms. The van der Waals surface area contributed by atoms with Crippen LogP contribution in [0.2, 0.25) is 0 Å². The fraction of sp³-hybridized carbons (Fsp3) is 0.500. The summed E-state index contributed by atoms with van der Waals surface area (Å²) in [6.45, 7) is 0. The summed E-state index contributed by atoms with van der Waals surface area (Å²) in [5.74, 6) is 0.658. The number of aliphatic hydroxyl groups is 1. The van der Waals surface area contributed by atoms with Gasteiger partial charge in [-0.25, -0.2) is 0 Å². The molecule has 0 unspecified atom stereocenters. The highest BCUT2D eigenvalue weighted by Crippen LogP contribution is 2.39. The zero-order valence-corrected chi connectivity index (χ0v) is 14.2. The third-order valence-electron chi connectivity index (χ3n) is 5.26. The molecule has 1 amide bonds. The molecule has 7 nitrogen and oxygen atoms in total. The number of carbonyl (C=O) groups is 1. The van der Waals surface area contributed by atoms with Crippen LogP contribution in [0, 0.1) is 5.92 Å². The molecule has 0 saturated heterocycles. The van der Waals surface area contributed by atoms with E-state index in [1.807, 2.05) is 6.07 Å². The van der Waals surface area contributed by atoms with Crippen molar-refractivity contribution in [1.82, 2.24) is 20.5 Å². The predicted molar refractivity (Wildman–Crippen MR) is 90.3 cm³/mol. The van der Waals surface area contributed by atoms with E-state index in [0.29, 0.717) is 24.3 Å². The molecule has 2 aliphatic rings. The fourth-order valence-electron chi connectivity index (χ4n) is 3.81. The van der Waals surface area contributed by atoms with Gasteiger partial charge in [-0.1, -0.05) is 0 Å². The monoisotopic (exact) mass is 342 g/mol. The lowest BCUT2D eigenvalue weighted by molar-refractivity contribution is 0.0234. The van der Waals surface area contributed by atoms with E-state index in [0.717, 1.165) is 36.1 Å². The Bertz CT molecular complexity index is 782. The van der Waals surface area contributed by atoms with Gasteiger partial charge < -0.3 is 15.2 Å². The first-order chi connectivity index (χ1) is 12.2. The van der Waals surface area contributed by atoms with Gasteiger partial charge in [-0.3, -0.25) is 14.9 Å². The molecule has 1 fully saturated rings. The van der Waals surface area contributed by atoms with Gasteiger partial charge in [-0.15, -0.1) is 0 Å². The first-order valence-electron chi connectivity index (χ1n) is 8.69. The van der Waals surface area contributed by atoms with Crippen molar-refractivity contribution in [2.45, 2.75) is 44.2 Å². The number of methoxy groups -OCH3 is 1. The van der Waals surface area contributed by atoms with Gasteiger partial charge in [0.2, 0.25) is 0 Å². The number of fused-ring (bicyclic) bond motifs is 1. The van der Waals surface area contributed by atoms with Crippen molar-refractivity contribution in [1.29, 1.82) is 0 Å². The number of aromatic amines is 1. The number of rotatable bonds is 5. The second kappa shape index (κ2) is 6.48. The molecule has 2 aromatic rings. The molecule has 25 heavy (non-hydrogen) atoms. The molecule has 1 saturated carbocycles. The van der Waals surface area contributed by atoms with E-state index < -0.39 is 0 Å². The summed E-state index contributed by atoms with van der Waals surface area (Å²) in [4.78, 5) is 17.0.